The number of nitrogens with zero attached hydrogens (tertiary/aromatic N) is 1. The molecular formula is C16H18N2O2. The highest BCUT2D eigenvalue weighted by atomic mass is 16.5. The van der Waals surface area contributed by atoms with Gasteiger partial charge in [0.2, 0.25) is 11.8 Å². The summed E-state index contributed by atoms with van der Waals surface area (Å²) in [6.45, 7) is 3.99. The molecule has 0 aliphatic carbocycles. The summed E-state index contributed by atoms with van der Waals surface area (Å²) in [4.78, 5) is 15.6. The van der Waals surface area contributed by atoms with Crippen LogP contribution >= 0.6 is 0 Å². The lowest BCUT2D eigenvalue weighted by Gasteiger charge is -2.07. The summed E-state index contributed by atoms with van der Waals surface area (Å²) in [7, 11) is 0. The molecule has 1 aromatic carbocycles. The topological polar surface area (TPSA) is 51.2 Å². The summed E-state index contributed by atoms with van der Waals surface area (Å²) < 4.78 is 5.62. The lowest BCUT2D eigenvalue weighted by atomic mass is 10.2. The van der Waals surface area contributed by atoms with E-state index in [4.69, 9.17) is 4.74 Å². The molecule has 0 spiro atoms. The molecule has 0 saturated carbocycles. The van der Waals surface area contributed by atoms with Crippen LogP contribution in [0.25, 0.3) is 0 Å². The van der Waals surface area contributed by atoms with Crippen LogP contribution in [0.1, 0.15) is 25.3 Å². The van der Waals surface area contributed by atoms with Crippen molar-refractivity contribution in [1.29, 1.82) is 0 Å². The van der Waals surface area contributed by atoms with Crippen molar-refractivity contribution in [2.75, 3.05) is 5.32 Å². The second-order valence-electron chi connectivity index (χ2n) is 4.60. The Morgan fingerprint density at radius 3 is 2.55 bits per heavy atom. The SMILES string of the molecule is CCCC(=O)Nc1ccc(Oc2ccc(C)cc2)nc1. The van der Waals surface area contributed by atoms with Crippen molar-refractivity contribution in [3.8, 4) is 11.6 Å². The zero-order chi connectivity index (χ0) is 14.4. The molecule has 0 aliphatic rings. The van der Waals surface area contributed by atoms with Crippen molar-refractivity contribution in [2.45, 2.75) is 26.7 Å². The van der Waals surface area contributed by atoms with E-state index in [9.17, 15) is 4.79 Å². The summed E-state index contributed by atoms with van der Waals surface area (Å²) in [5.41, 5.74) is 1.86. The number of carbonyl (C=O) groups is 1. The van der Waals surface area contributed by atoms with Crippen molar-refractivity contribution in [3.63, 3.8) is 0 Å². The van der Waals surface area contributed by atoms with Gasteiger partial charge in [-0.15, -0.1) is 0 Å². The molecule has 0 atom stereocenters. The first kappa shape index (κ1) is 14.1. The van der Waals surface area contributed by atoms with Crippen LogP contribution < -0.4 is 10.1 Å². The maximum Gasteiger partial charge on any atom is 0.224 e. The Hall–Kier alpha value is -2.36. The van der Waals surface area contributed by atoms with Gasteiger partial charge in [0.15, 0.2) is 0 Å². The molecule has 1 N–H and O–H groups in total. The number of rotatable bonds is 5. The van der Waals surface area contributed by atoms with Crippen LogP contribution in [0.5, 0.6) is 11.6 Å². The number of aryl methyl sites for hydroxylation is 1. The van der Waals surface area contributed by atoms with Crippen molar-refractivity contribution >= 4 is 11.6 Å². The van der Waals surface area contributed by atoms with Gasteiger partial charge in [0.25, 0.3) is 0 Å². The highest BCUT2D eigenvalue weighted by Crippen LogP contribution is 2.20. The number of nitrogens with one attached hydrogen (secondary N) is 1. The number of amides is 1. The van der Waals surface area contributed by atoms with Gasteiger partial charge >= 0.3 is 0 Å². The largest absolute Gasteiger partial charge is 0.439 e. The first-order valence-electron chi connectivity index (χ1n) is 6.68. The molecule has 4 heteroatoms. The molecule has 0 saturated heterocycles. The third-order valence-corrected chi connectivity index (χ3v) is 2.74. The van der Waals surface area contributed by atoms with Crippen LogP contribution in [0.2, 0.25) is 0 Å². The van der Waals surface area contributed by atoms with Crippen LogP contribution in [0.15, 0.2) is 42.6 Å². The van der Waals surface area contributed by atoms with E-state index in [2.05, 4.69) is 10.3 Å². The maximum atomic E-state index is 11.5. The van der Waals surface area contributed by atoms with E-state index in [1.54, 1.807) is 18.3 Å². The van der Waals surface area contributed by atoms with E-state index in [0.29, 0.717) is 18.0 Å². The minimum atomic E-state index is 0.00139. The maximum absolute atomic E-state index is 11.5. The van der Waals surface area contributed by atoms with Crippen molar-refractivity contribution in [3.05, 3.63) is 48.2 Å². The first-order chi connectivity index (χ1) is 9.67. The van der Waals surface area contributed by atoms with Gasteiger partial charge in [0.1, 0.15) is 5.75 Å². The number of ether oxygens (including phenoxy) is 1. The monoisotopic (exact) mass is 270 g/mol. The van der Waals surface area contributed by atoms with Gasteiger partial charge in [-0.1, -0.05) is 24.6 Å². The molecule has 1 amide bonds. The van der Waals surface area contributed by atoms with Gasteiger partial charge in [-0.25, -0.2) is 4.98 Å². The van der Waals surface area contributed by atoms with E-state index in [-0.39, 0.29) is 5.91 Å². The highest BCUT2D eigenvalue weighted by molar-refractivity contribution is 5.90. The van der Waals surface area contributed by atoms with E-state index in [0.717, 1.165) is 12.2 Å². The molecule has 1 aromatic heterocycles. The third-order valence-electron chi connectivity index (χ3n) is 2.74. The molecule has 0 radical (unpaired) electrons. The van der Waals surface area contributed by atoms with Gasteiger partial charge in [-0.2, -0.15) is 0 Å². The average Bonchev–Trinajstić information content (AvgIpc) is 2.44. The molecule has 1 heterocycles. The highest BCUT2D eigenvalue weighted by Gasteiger charge is 2.02. The van der Waals surface area contributed by atoms with Crippen LogP contribution in [0, 0.1) is 6.92 Å². The minimum absolute atomic E-state index is 0.00139. The van der Waals surface area contributed by atoms with E-state index < -0.39 is 0 Å². The normalized spacial score (nSPS) is 10.1. The third kappa shape index (κ3) is 4.09. The van der Waals surface area contributed by atoms with Crippen LogP contribution in [-0.2, 0) is 4.79 Å². The van der Waals surface area contributed by atoms with Gasteiger partial charge in [-0.05, 0) is 31.5 Å². The Kier molecular flexibility index (Phi) is 4.71. The molecule has 2 aromatic rings. The van der Waals surface area contributed by atoms with Crippen molar-refractivity contribution < 1.29 is 9.53 Å². The predicted octanol–water partition coefficient (Wildman–Crippen LogP) is 3.92. The van der Waals surface area contributed by atoms with E-state index in [1.165, 1.54) is 5.56 Å². The van der Waals surface area contributed by atoms with Crippen molar-refractivity contribution in [2.24, 2.45) is 0 Å². The number of carbonyl (C=O) groups excluding carboxylic acids is 1. The number of hydrogen-bond donors (Lipinski definition) is 1. The molecule has 4 nitrogen and oxygen atoms in total. The molecule has 2 rings (SSSR count). The van der Waals surface area contributed by atoms with Gasteiger partial charge in [0, 0.05) is 12.5 Å². The predicted molar refractivity (Wildman–Crippen MR) is 79.0 cm³/mol. The molecule has 0 bridgehead atoms. The number of anilines is 1. The second-order valence-corrected chi connectivity index (χ2v) is 4.60. The summed E-state index contributed by atoms with van der Waals surface area (Å²) in [6, 6.07) is 11.3. The fourth-order valence-corrected chi connectivity index (χ4v) is 1.69. The summed E-state index contributed by atoms with van der Waals surface area (Å²) in [6.07, 6.45) is 2.94. The van der Waals surface area contributed by atoms with Crippen LogP contribution in [0.3, 0.4) is 0 Å². The molecular weight excluding hydrogens is 252 g/mol. The number of aromatic nitrogens is 1. The van der Waals surface area contributed by atoms with Gasteiger partial charge < -0.3 is 10.1 Å². The first-order valence-corrected chi connectivity index (χ1v) is 6.68. The second kappa shape index (κ2) is 6.70. The minimum Gasteiger partial charge on any atom is -0.439 e. The lowest BCUT2D eigenvalue weighted by molar-refractivity contribution is -0.116. The Morgan fingerprint density at radius 2 is 1.95 bits per heavy atom. The summed E-state index contributed by atoms with van der Waals surface area (Å²) in [5.74, 6) is 1.25. The zero-order valence-electron chi connectivity index (χ0n) is 11.7. The van der Waals surface area contributed by atoms with Crippen LogP contribution in [0.4, 0.5) is 5.69 Å². The smallest absolute Gasteiger partial charge is 0.224 e. The van der Waals surface area contributed by atoms with E-state index in [1.807, 2.05) is 38.1 Å². The molecule has 0 aliphatic heterocycles. The number of hydrogen-bond acceptors (Lipinski definition) is 3. The lowest BCUT2D eigenvalue weighted by Crippen LogP contribution is -2.10. The molecule has 104 valence electrons. The van der Waals surface area contributed by atoms with E-state index >= 15 is 0 Å². The number of pyridine rings is 1. The van der Waals surface area contributed by atoms with Crippen molar-refractivity contribution in [1.82, 2.24) is 4.98 Å². The molecule has 0 unspecified atom stereocenters. The number of benzene rings is 1. The summed E-state index contributed by atoms with van der Waals surface area (Å²) in [5, 5.41) is 2.78. The Labute approximate surface area is 118 Å². The van der Waals surface area contributed by atoms with Gasteiger partial charge in [-0.3, -0.25) is 4.79 Å². The Morgan fingerprint density at radius 1 is 1.20 bits per heavy atom. The molecule has 0 fully saturated rings. The Balaban J connectivity index is 1.97. The van der Waals surface area contributed by atoms with Crippen LogP contribution in [-0.4, -0.2) is 10.9 Å². The Bertz CT molecular complexity index is 562. The van der Waals surface area contributed by atoms with Gasteiger partial charge in [0.05, 0.1) is 11.9 Å². The standard InChI is InChI=1S/C16H18N2O2/c1-3-4-15(19)18-13-7-10-16(17-11-13)20-14-8-5-12(2)6-9-14/h5-11H,3-4H2,1-2H3,(H,18,19). The molecule has 20 heavy (non-hydrogen) atoms. The fraction of sp³-hybridized carbons (Fsp3) is 0.250. The quantitative estimate of drug-likeness (QED) is 0.895. The fourth-order valence-electron chi connectivity index (χ4n) is 1.69. The summed E-state index contributed by atoms with van der Waals surface area (Å²) >= 11 is 0. The zero-order valence-corrected chi connectivity index (χ0v) is 11.7. The average molecular weight is 270 g/mol.